The molecule has 1 aromatic carbocycles. The molecule has 1 saturated heterocycles. The van der Waals surface area contributed by atoms with E-state index in [9.17, 15) is 8.42 Å². The van der Waals surface area contributed by atoms with E-state index in [1.54, 1.807) is 19.1 Å². The summed E-state index contributed by atoms with van der Waals surface area (Å²) in [4.78, 5) is 0.0700. The van der Waals surface area contributed by atoms with Crippen LogP contribution < -0.4 is 10.0 Å². The Bertz CT molecular complexity index is 599. The first kappa shape index (κ1) is 14.0. The summed E-state index contributed by atoms with van der Waals surface area (Å²) in [5.74, 6) is 0. The summed E-state index contributed by atoms with van der Waals surface area (Å²) >= 11 is 0. The second-order valence-corrected chi connectivity index (χ2v) is 6.41. The second-order valence-electron chi connectivity index (χ2n) is 4.72. The number of sulfonamides is 1. The lowest BCUT2D eigenvalue weighted by Crippen LogP contribution is -2.45. The van der Waals surface area contributed by atoms with Gasteiger partial charge in [0.25, 0.3) is 0 Å². The number of nitriles is 1. The van der Waals surface area contributed by atoms with Crippen molar-refractivity contribution in [3.8, 4) is 6.07 Å². The fraction of sp³-hybridized carbons (Fsp3) is 0.462. The molecule has 5 nitrogen and oxygen atoms in total. The Kier molecular flexibility index (Phi) is 4.20. The molecule has 0 amide bonds. The highest BCUT2D eigenvalue weighted by molar-refractivity contribution is 7.89. The summed E-state index contributed by atoms with van der Waals surface area (Å²) in [6, 6.07) is 6.74. The van der Waals surface area contributed by atoms with E-state index in [0.29, 0.717) is 12.1 Å². The number of benzene rings is 1. The highest BCUT2D eigenvalue weighted by Gasteiger charge is 2.24. The van der Waals surface area contributed by atoms with E-state index in [-0.39, 0.29) is 16.5 Å². The van der Waals surface area contributed by atoms with Crippen LogP contribution in [0.5, 0.6) is 0 Å². The Balaban J connectivity index is 2.29. The van der Waals surface area contributed by atoms with Gasteiger partial charge in [-0.15, -0.1) is 0 Å². The van der Waals surface area contributed by atoms with E-state index >= 15 is 0 Å². The van der Waals surface area contributed by atoms with Gasteiger partial charge in [-0.25, -0.2) is 13.1 Å². The third-order valence-corrected chi connectivity index (χ3v) is 4.82. The molecular formula is C13H17N3O2S. The van der Waals surface area contributed by atoms with Crippen molar-refractivity contribution in [1.29, 1.82) is 5.26 Å². The molecule has 0 radical (unpaired) electrons. The largest absolute Gasteiger partial charge is 0.315 e. The van der Waals surface area contributed by atoms with Crippen molar-refractivity contribution < 1.29 is 8.42 Å². The SMILES string of the molecule is Cc1cccc(S(=O)(=O)N[C@@H]2CCCNC2)c1C#N. The highest BCUT2D eigenvalue weighted by Crippen LogP contribution is 2.19. The molecule has 1 aliphatic heterocycles. The molecule has 102 valence electrons. The van der Waals surface area contributed by atoms with Crippen LogP contribution in [0.2, 0.25) is 0 Å². The summed E-state index contributed by atoms with van der Waals surface area (Å²) in [5, 5.41) is 12.3. The predicted molar refractivity (Wildman–Crippen MR) is 72.1 cm³/mol. The molecule has 0 bridgehead atoms. The maximum absolute atomic E-state index is 12.3. The van der Waals surface area contributed by atoms with Gasteiger partial charge in [-0.2, -0.15) is 5.26 Å². The maximum Gasteiger partial charge on any atom is 0.242 e. The standard InChI is InChI=1S/C13H17N3O2S/c1-10-4-2-6-13(12(10)8-14)19(17,18)16-11-5-3-7-15-9-11/h2,4,6,11,15-16H,3,5,7,9H2,1H3/t11-/m1/s1. The van der Waals surface area contributed by atoms with Crippen LogP contribution in [0.25, 0.3) is 0 Å². The zero-order chi connectivity index (χ0) is 13.9. The molecule has 0 aliphatic carbocycles. The van der Waals surface area contributed by atoms with Crippen LogP contribution in [0.3, 0.4) is 0 Å². The third-order valence-electron chi connectivity index (χ3n) is 3.25. The molecule has 2 rings (SSSR count). The molecule has 6 heteroatoms. The smallest absolute Gasteiger partial charge is 0.242 e. The Morgan fingerprint density at radius 3 is 2.89 bits per heavy atom. The molecule has 0 aromatic heterocycles. The van der Waals surface area contributed by atoms with Gasteiger partial charge >= 0.3 is 0 Å². The molecule has 19 heavy (non-hydrogen) atoms. The minimum atomic E-state index is -3.64. The lowest BCUT2D eigenvalue weighted by atomic mass is 10.1. The Morgan fingerprint density at radius 2 is 2.26 bits per heavy atom. The summed E-state index contributed by atoms with van der Waals surface area (Å²) in [7, 11) is -3.64. The molecule has 0 unspecified atom stereocenters. The van der Waals surface area contributed by atoms with Gasteiger partial charge < -0.3 is 5.32 Å². The molecule has 1 fully saturated rings. The van der Waals surface area contributed by atoms with Crippen LogP contribution >= 0.6 is 0 Å². The number of piperidine rings is 1. The van der Waals surface area contributed by atoms with E-state index in [0.717, 1.165) is 19.4 Å². The van der Waals surface area contributed by atoms with Crippen LogP contribution in [0.15, 0.2) is 23.1 Å². The number of rotatable bonds is 3. The average molecular weight is 279 g/mol. The first-order valence-electron chi connectivity index (χ1n) is 6.27. The van der Waals surface area contributed by atoms with Crippen molar-refractivity contribution >= 4 is 10.0 Å². The number of hydrogen-bond acceptors (Lipinski definition) is 4. The van der Waals surface area contributed by atoms with Crippen LogP contribution in [0.4, 0.5) is 0 Å². The first-order chi connectivity index (χ1) is 9.04. The number of aryl methyl sites for hydroxylation is 1. The van der Waals surface area contributed by atoms with Gasteiger partial charge in [0.2, 0.25) is 10.0 Å². The number of hydrogen-bond donors (Lipinski definition) is 2. The predicted octanol–water partition coefficient (Wildman–Crippen LogP) is 0.897. The van der Waals surface area contributed by atoms with E-state index in [1.165, 1.54) is 6.07 Å². The lowest BCUT2D eigenvalue weighted by molar-refractivity contribution is 0.428. The molecule has 0 spiro atoms. The summed E-state index contributed by atoms with van der Waals surface area (Å²) in [6.07, 6.45) is 1.77. The molecule has 1 atom stereocenters. The van der Waals surface area contributed by atoms with Crippen molar-refractivity contribution in [3.05, 3.63) is 29.3 Å². The molecule has 0 saturated carbocycles. The van der Waals surface area contributed by atoms with Crippen LogP contribution in [0.1, 0.15) is 24.0 Å². The monoisotopic (exact) mass is 279 g/mol. The molecule has 1 aromatic rings. The fourth-order valence-corrected chi connectivity index (χ4v) is 3.74. The Morgan fingerprint density at radius 1 is 1.47 bits per heavy atom. The second kappa shape index (κ2) is 5.70. The Labute approximate surface area is 113 Å². The minimum Gasteiger partial charge on any atom is -0.315 e. The summed E-state index contributed by atoms with van der Waals surface area (Å²) in [6.45, 7) is 3.29. The van der Waals surface area contributed by atoms with Crippen LogP contribution in [-0.2, 0) is 10.0 Å². The molecule has 2 N–H and O–H groups in total. The normalized spacial score (nSPS) is 19.9. The molecular weight excluding hydrogens is 262 g/mol. The van der Waals surface area contributed by atoms with Crippen molar-refractivity contribution in [3.63, 3.8) is 0 Å². The summed E-state index contributed by atoms with van der Waals surface area (Å²) in [5.41, 5.74) is 0.894. The quantitative estimate of drug-likeness (QED) is 0.861. The first-order valence-corrected chi connectivity index (χ1v) is 7.75. The van der Waals surface area contributed by atoms with Gasteiger partial charge in [-0.05, 0) is 37.9 Å². The van der Waals surface area contributed by atoms with Crippen molar-refractivity contribution in [1.82, 2.24) is 10.0 Å². The van der Waals surface area contributed by atoms with E-state index in [2.05, 4.69) is 10.0 Å². The zero-order valence-electron chi connectivity index (χ0n) is 10.8. The Hall–Kier alpha value is -1.42. The van der Waals surface area contributed by atoms with E-state index in [1.807, 2.05) is 6.07 Å². The summed E-state index contributed by atoms with van der Waals surface area (Å²) < 4.78 is 27.4. The minimum absolute atomic E-state index is 0.0700. The molecule has 1 aliphatic rings. The average Bonchev–Trinajstić information content (AvgIpc) is 2.39. The highest BCUT2D eigenvalue weighted by atomic mass is 32.2. The van der Waals surface area contributed by atoms with Crippen molar-refractivity contribution in [2.75, 3.05) is 13.1 Å². The lowest BCUT2D eigenvalue weighted by Gasteiger charge is -2.23. The third kappa shape index (κ3) is 3.13. The zero-order valence-corrected chi connectivity index (χ0v) is 11.6. The van der Waals surface area contributed by atoms with E-state index in [4.69, 9.17) is 5.26 Å². The van der Waals surface area contributed by atoms with Crippen LogP contribution in [0, 0.1) is 18.3 Å². The van der Waals surface area contributed by atoms with Crippen molar-refractivity contribution in [2.24, 2.45) is 0 Å². The number of nitrogens with zero attached hydrogens (tertiary/aromatic N) is 1. The maximum atomic E-state index is 12.3. The van der Waals surface area contributed by atoms with Gasteiger partial charge in [0.05, 0.1) is 5.56 Å². The van der Waals surface area contributed by atoms with Gasteiger partial charge in [0.1, 0.15) is 11.0 Å². The van der Waals surface area contributed by atoms with Crippen molar-refractivity contribution in [2.45, 2.75) is 30.7 Å². The molecule has 1 heterocycles. The van der Waals surface area contributed by atoms with Gasteiger partial charge in [-0.3, -0.25) is 0 Å². The van der Waals surface area contributed by atoms with Gasteiger partial charge in [0, 0.05) is 12.6 Å². The van der Waals surface area contributed by atoms with Crippen LogP contribution in [-0.4, -0.2) is 27.5 Å². The number of nitrogens with one attached hydrogen (secondary N) is 2. The van der Waals surface area contributed by atoms with Gasteiger partial charge in [0.15, 0.2) is 0 Å². The topological polar surface area (TPSA) is 82.0 Å². The van der Waals surface area contributed by atoms with Gasteiger partial charge in [-0.1, -0.05) is 12.1 Å². The van der Waals surface area contributed by atoms with E-state index < -0.39 is 10.0 Å². The fourth-order valence-electron chi connectivity index (χ4n) is 2.24.